The molecule has 0 aliphatic carbocycles. The van der Waals surface area contributed by atoms with Crippen LogP contribution in [-0.4, -0.2) is 53.6 Å². The third kappa shape index (κ3) is 3.45. The molecule has 0 unspecified atom stereocenters. The van der Waals surface area contributed by atoms with Crippen molar-refractivity contribution in [2.24, 2.45) is 0 Å². The zero-order valence-electron chi connectivity index (χ0n) is 11.3. The lowest BCUT2D eigenvalue weighted by molar-refractivity contribution is -0.384. The number of hydrogen-bond donors (Lipinski definition) is 1. The summed E-state index contributed by atoms with van der Waals surface area (Å²) in [5.74, 6) is -0.829. The van der Waals surface area contributed by atoms with E-state index in [-0.39, 0.29) is 12.2 Å². The van der Waals surface area contributed by atoms with Gasteiger partial charge in [0.05, 0.1) is 11.5 Å². The van der Waals surface area contributed by atoms with Crippen LogP contribution in [0.15, 0.2) is 18.2 Å². The van der Waals surface area contributed by atoms with Gasteiger partial charge in [0, 0.05) is 44.0 Å². The molecule has 1 saturated heterocycles. The van der Waals surface area contributed by atoms with E-state index in [4.69, 9.17) is 5.11 Å². The van der Waals surface area contributed by atoms with Crippen LogP contribution in [-0.2, 0) is 4.79 Å². The van der Waals surface area contributed by atoms with Gasteiger partial charge in [0.25, 0.3) is 5.69 Å². The number of hydrogen-bond acceptors (Lipinski definition) is 5. The Bertz CT molecular complexity index is 524. The molecule has 7 nitrogen and oxygen atoms in total. The van der Waals surface area contributed by atoms with Crippen molar-refractivity contribution in [1.82, 2.24) is 4.90 Å². The molecule has 0 amide bonds. The lowest BCUT2D eigenvalue weighted by Gasteiger charge is -2.35. The summed E-state index contributed by atoms with van der Waals surface area (Å²) in [6.45, 7) is 4.52. The Balaban J connectivity index is 2.07. The average molecular weight is 279 g/mol. The molecule has 0 atom stereocenters. The van der Waals surface area contributed by atoms with E-state index in [1.54, 1.807) is 12.1 Å². The van der Waals surface area contributed by atoms with Crippen molar-refractivity contribution < 1.29 is 14.8 Å². The molecular formula is C13H17N3O4. The molecule has 0 radical (unpaired) electrons. The quantitative estimate of drug-likeness (QED) is 0.656. The van der Waals surface area contributed by atoms with E-state index in [2.05, 4.69) is 4.90 Å². The molecule has 1 aromatic carbocycles. The number of non-ortho nitro benzene ring substituents is 1. The fraction of sp³-hybridized carbons (Fsp3) is 0.462. The maximum absolute atomic E-state index is 10.9. The van der Waals surface area contributed by atoms with E-state index in [1.165, 1.54) is 0 Å². The van der Waals surface area contributed by atoms with Crippen LogP contribution >= 0.6 is 0 Å². The summed E-state index contributed by atoms with van der Waals surface area (Å²) in [7, 11) is 0. The predicted molar refractivity (Wildman–Crippen MR) is 74.1 cm³/mol. The van der Waals surface area contributed by atoms with Crippen molar-refractivity contribution in [2.75, 3.05) is 37.6 Å². The molecule has 1 aliphatic heterocycles. The number of carbonyl (C=O) groups is 1. The second-order valence-corrected chi connectivity index (χ2v) is 4.94. The van der Waals surface area contributed by atoms with Gasteiger partial charge in [-0.1, -0.05) is 0 Å². The molecule has 0 spiro atoms. The second-order valence-electron chi connectivity index (χ2n) is 4.94. The number of piperazine rings is 1. The molecule has 0 saturated carbocycles. The van der Waals surface area contributed by atoms with Gasteiger partial charge in [0.1, 0.15) is 0 Å². The number of nitro benzene ring substituents is 1. The molecule has 1 aromatic rings. The topological polar surface area (TPSA) is 86.9 Å². The van der Waals surface area contributed by atoms with Crippen molar-refractivity contribution >= 4 is 17.3 Å². The molecule has 20 heavy (non-hydrogen) atoms. The summed E-state index contributed by atoms with van der Waals surface area (Å²) in [5.41, 5.74) is 1.77. The van der Waals surface area contributed by atoms with Gasteiger partial charge < -0.3 is 10.0 Å². The third-order valence-corrected chi connectivity index (χ3v) is 3.35. The van der Waals surface area contributed by atoms with E-state index in [1.807, 2.05) is 17.9 Å². The van der Waals surface area contributed by atoms with Gasteiger partial charge >= 0.3 is 5.97 Å². The number of rotatable bonds is 4. The van der Waals surface area contributed by atoms with Gasteiger partial charge in [-0.05, 0) is 18.6 Å². The Morgan fingerprint density at radius 2 is 1.95 bits per heavy atom. The van der Waals surface area contributed by atoms with E-state index in [0.717, 1.165) is 11.3 Å². The minimum Gasteiger partial charge on any atom is -0.480 e. The van der Waals surface area contributed by atoms with Crippen molar-refractivity contribution in [3.63, 3.8) is 0 Å². The minimum atomic E-state index is -0.829. The number of nitrogens with zero attached hydrogens (tertiary/aromatic N) is 3. The molecule has 1 heterocycles. The number of carboxylic acid groups (broad SMARTS) is 1. The van der Waals surface area contributed by atoms with E-state index in [9.17, 15) is 14.9 Å². The van der Waals surface area contributed by atoms with Crippen LogP contribution in [0, 0.1) is 17.0 Å². The highest BCUT2D eigenvalue weighted by atomic mass is 16.6. The van der Waals surface area contributed by atoms with Gasteiger partial charge in [-0.3, -0.25) is 19.8 Å². The third-order valence-electron chi connectivity index (χ3n) is 3.35. The maximum Gasteiger partial charge on any atom is 0.317 e. The molecule has 1 N–H and O–H groups in total. The summed E-state index contributed by atoms with van der Waals surface area (Å²) in [6, 6.07) is 5.03. The molecule has 0 bridgehead atoms. The number of carboxylic acids is 1. The zero-order chi connectivity index (χ0) is 14.7. The number of anilines is 1. The van der Waals surface area contributed by atoms with Crippen molar-refractivity contribution in [3.05, 3.63) is 33.9 Å². The van der Waals surface area contributed by atoms with Crippen LogP contribution in [0.25, 0.3) is 0 Å². The summed E-state index contributed by atoms with van der Waals surface area (Å²) >= 11 is 0. The van der Waals surface area contributed by atoms with Crippen LogP contribution in [0.2, 0.25) is 0 Å². The first-order chi connectivity index (χ1) is 9.45. The summed E-state index contributed by atoms with van der Waals surface area (Å²) < 4.78 is 0. The normalized spacial score (nSPS) is 16.1. The Labute approximate surface area is 116 Å². The largest absolute Gasteiger partial charge is 0.480 e. The lowest BCUT2D eigenvalue weighted by Crippen LogP contribution is -2.48. The molecule has 108 valence electrons. The van der Waals surface area contributed by atoms with E-state index in [0.29, 0.717) is 26.2 Å². The van der Waals surface area contributed by atoms with Crippen LogP contribution in [0.5, 0.6) is 0 Å². The summed E-state index contributed by atoms with van der Waals surface area (Å²) in [6.07, 6.45) is 0. The highest BCUT2D eigenvalue weighted by molar-refractivity contribution is 5.69. The van der Waals surface area contributed by atoms with Crippen LogP contribution in [0.3, 0.4) is 0 Å². The lowest BCUT2D eigenvalue weighted by atomic mass is 10.1. The Hall–Kier alpha value is -2.15. The summed E-state index contributed by atoms with van der Waals surface area (Å²) in [5, 5.41) is 19.6. The number of aryl methyl sites for hydroxylation is 1. The van der Waals surface area contributed by atoms with Crippen molar-refractivity contribution in [2.45, 2.75) is 6.92 Å². The van der Waals surface area contributed by atoms with Crippen molar-refractivity contribution in [1.29, 1.82) is 0 Å². The Morgan fingerprint density at radius 1 is 1.30 bits per heavy atom. The standard InChI is InChI=1S/C13H17N3O4/c1-10-6-11(8-12(7-10)16(19)20)15-4-2-14(3-5-15)9-13(17)18/h6-8H,2-5,9H2,1H3,(H,17,18). The average Bonchev–Trinajstić information content (AvgIpc) is 2.38. The van der Waals surface area contributed by atoms with Gasteiger partial charge in [0.15, 0.2) is 0 Å². The van der Waals surface area contributed by atoms with Crippen LogP contribution < -0.4 is 4.90 Å². The maximum atomic E-state index is 10.9. The first kappa shape index (κ1) is 14.3. The first-order valence-electron chi connectivity index (χ1n) is 6.41. The van der Waals surface area contributed by atoms with Crippen LogP contribution in [0.1, 0.15) is 5.56 Å². The number of benzene rings is 1. The van der Waals surface area contributed by atoms with Crippen LogP contribution in [0.4, 0.5) is 11.4 Å². The van der Waals surface area contributed by atoms with Crippen molar-refractivity contribution in [3.8, 4) is 0 Å². The summed E-state index contributed by atoms with van der Waals surface area (Å²) in [4.78, 5) is 25.1. The minimum absolute atomic E-state index is 0.0435. The predicted octanol–water partition coefficient (Wildman–Crippen LogP) is 1.11. The fourth-order valence-corrected chi connectivity index (χ4v) is 2.39. The van der Waals surface area contributed by atoms with Gasteiger partial charge in [-0.2, -0.15) is 0 Å². The molecular weight excluding hydrogens is 262 g/mol. The smallest absolute Gasteiger partial charge is 0.317 e. The SMILES string of the molecule is Cc1cc(N2CCN(CC(=O)O)CC2)cc([N+](=O)[O-])c1. The first-order valence-corrected chi connectivity index (χ1v) is 6.41. The molecule has 1 fully saturated rings. The number of nitro groups is 1. The monoisotopic (exact) mass is 279 g/mol. The van der Waals surface area contributed by atoms with Gasteiger partial charge in [-0.25, -0.2) is 0 Å². The molecule has 2 rings (SSSR count). The Kier molecular flexibility index (Phi) is 4.19. The fourth-order valence-electron chi connectivity index (χ4n) is 2.39. The second kappa shape index (κ2) is 5.87. The zero-order valence-corrected chi connectivity index (χ0v) is 11.3. The molecule has 7 heteroatoms. The Morgan fingerprint density at radius 3 is 2.50 bits per heavy atom. The highest BCUT2D eigenvalue weighted by Crippen LogP contribution is 2.24. The van der Waals surface area contributed by atoms with E-state index >= 15 is 0 Å². The van der Waals surface area contributed by atoms with E-state index < -0.39 is 10.9 Å². The van der Waals surface area contributed by atoms with Gasteiger partial charge in [-0.15, -0.1) is 0 Å². The molecule has 0 aromatic heterocycles. The van der Waals surface area contributed by atoms with Gasteiger partial charge in [0.2, 0.25) is 0 Å². The molecule has 1 aliphatic rings. The number of aliphatic carboxylic acids is 1. The highest BCUT2D eigenvalue weighted by Gasteiger charge is 2.20.